The molecule has 0 spiro atoms. The lowest BCUT2D eigenvalue weighted by Crippen LogP contribution is -2.00. The summed E-state index contributed by atoms with van der Waals surface area (Å²) in [7, 11) is 1.73. The van der Waals surface area contributed by atoms with Crippen molar-refractivity contribution in [3.63, 3.8) is 0 Å². The van der Waals surface area contributed by atoms with Crippen LogP contribution in [-0.4, -0.2) is 19.3 Å². The lowest BCUT2D eigenvalue weighted by molar-refractivity contribution is 0.359. The second kappa shape index (κ2) is 5.09. The van der Waals surface area contributed by atoms with Crippen molar-refractivity contribution in [2.75, 3.05) is 7.11 Å². The summed E-state index contributed by atoms with van der Waals surface area (Å²) in [6.07, 6.45) is 4.42. The molecule has 2 rings (SSSR count). The maximum absolute atomic E-state index is 5.58. The zero-order valence-corrected chi connectivity index (χ0v) is 11.2. The number of rotatable bonds is 5. The number of hydrogen-bond acceptors (Lipinski definition) is 2. The molecule has 0 bridgehead atoms. The first-order valence-electron chi connectivity index (χ1n) is 6.45. The van der Waals surface area contributed by atoms with Crippen LogP contribution in [0.25, 0.3) is 0 Å². The van der Waals surface area contributed by atoms with Crippen LogP contribution in [-0.2, 0) is 11.2 Å². The van der Waals surface area contributed by atoms with E-state index < -0.39 is 0 Å². The van der Waals surface area contributed by atoms with Gasteiger partial charge in [-0.2, -0.15) is 0 Å². The van der Waals surface area contributed by atoms with E-state index in [0.29, 0.717) is 12.2 Å². The van der Waals surface area contributed by atoms with Crippen molar-refractivity contribution in [2.45, 2.75) is 52.2 Å². The Hall–Kier alpha value is -1.02. The van der Waals surface area contributed by atoms with E-state index in [9.17, 15) is 0 Å². The van der Waals surface area contributed by atoms with E-state index in [2.05, 4.69) is 32.9 Å². The molecule has 1 saturated heterocycles. The van der Waals surface area contributed by atoms with Crippen LogP contribution in [0.3, 0.4) is 0 Å². The third kappa shape index (κ3) is 2.63. The van der Waals surface area contributed by atoms with Crippen LogP contribution in [0, 0.1) is 13.8 Å². The smallest absolute Gasteiger partial charge is 0.122 e. The lowest BCUT2D eigenvalue weighted by atomic mass is 9.97. The average Bonchev–Trinajstić information content (AvgIpc) is 3.10. The molecule has 2 nitrogen and oxygen atoms in total. The summed E-state index contributed by atoms with van der Waals surface area (Å²) in [4.78, 5) is 0. The molecular formula is C15H22O2. The van der Waals surface area contributed by atoms with Gasteiger partial charge >= 0.3 is 0 Å². The highest BCUT2D eigenvalue weighted by molar-refractivity contribution is 5.43. The van der Waals surface area contributed by atoms with E-state index >= 15 is 0 Å². The number of methoxy groups -OCH3 is 1. The summed E-state index contributed by atoms with van der Waals surface area (Å²) in [5, 5.41) is 0. The molecule has 2 atom stereocenters. The Balaban J connectivity index is 1.99. The summed E-state index contributed by atoms with van der Waals surface area (Å²) in [5.74, 6) is 0.986. The van der Waals surface area contributed by atoms with Crippen LogP contribution >= 0.6 is 0 Å². The highest BCUT2D eigenvalue weighted by atomic mass is 16.6. The summed E-state index contributed by atoms with van der Waals surface area (Å²) in [6.45, 7) is 6.49. The van der Waals surface area contributed by atoms with Gasteiger partial charge in [0.1, 0.15) is 5.75 Å². The number of hydrogen-bond donors (Lipinski definition) is 0. The first kappa shape index (κ1) is 12.4. The molecule has 0 amide bonds. The average molecular weight is 234 g/mol. The number of ether oxygens (including phenoxy) is 2. The van der Waals surface area contributed by atoms with Crippen molar-refractivity contribution in [1.82, 2.24) is 0 Å². The minimum Gasteiger partial charge on any atom is -0.496 e. The quantitative estimate of drug-likeness (QED) is 0.728. The van der Waals surface area contributed by atoms with Gasteiger partial charge in [0.2, 0.25) is 0 Å². The van der Waals surface area contributed by atoms with Crippen LogP contribution in [0.4, 0.5) is 0 Å². The van der Waals surface area contributed by atoms with E-state index in [1.807, 2.05) is 0 Å². The third-order valence-electron chi connectivity index (χ3n) is 3.86. The van der Waals surface area contributed by atoms with Crippen LogP contribution < -0.4 is 4.74 Å². The fraction of sp³-hybridized carbons (Fsp3) is 0.600. The normalized spacial score (nSPS) is 22.6. The zero-order chi connectivity index (χ0) is 12.4. The Morgan fingerprint density at radius 1 is 1.18 bits per heavy atom. The van der Waals surface area contributed by atoms with Crippen molar-refractivity contribution in [3.05, 3.63) is 28.8 Å². The first-order chi connectivity index (χ1) is 8.17. The van der Waals surface area contributed by atoms with E-state index in [1.165, 1.54) is 16.7 Å². The Morgan fingerprint density at radius 3 is 2.53 bits per heavy atom. The maximum Gasteiger partial charge on any atom is 0.122 e. The molecule has 1 aromatic rings. The SMILES string of the molecule is CCC1OC1CCc1ccc(OC)c(C)c1C. The van der Waals surface area contributed by atoms with E-state index in [1.54, 1.807) is 7.11 Å². The van der Waals surface area contributed by atoms with Gasteiger partial charge in [0.15, 0.2) is 0 Å². The summed E-state index contributed by atoms with van der Waals surface area (Å²) in [6, 6.07) is 4.26. The molecule has 2 heteroatoms. The van der Waals surface area contributed by atoms with Gasteiger partial charge in [-0.15, -0.1) is 0 Å². The Bertz CT molecular complexity index is 398. The van der Waals surface area contributed by atoms with Gasteiger partial charge in [0, 0.05) is 0 Å². The number of aryl methyl sites for hydroxylation is 1. The molecule has 1 fully saturated rings. The van der Waals surface area contributed by atoms with Gasteiger partial charge in [-0.1, -0.05) is 13.0 Å². The molecule has 17 heavy (non-hydrogen) atoms. The van der Waals surface area contributed by atoms with Crippen LogP contribution in [0.1, 0.15) is 36.5 Å². The predicted octanol–water partition coefficient (Wildman–Crippen LogP) is 3.42. The number of benzene rings is 1. The highest BCUT2D eigenvalue weighted by Crippen LogP contribution is 2.31. The zero-order valence-electron chi connectivity index (χ0n) is 11.2. The third-order valence-corrected chi connectivity index (χ3v) is 3.86. The van der Waals surface area contributed by atoms with Crippen molar-refractivity contribution < 1.29 is 9.47 Å². The van der Waals surface area contributed by atoms with Crippen molar-refractivity contribution >= 4 is 0 Å². The maximum atomic E-state index is 5.58. The van der Waals surface area contributed by atoms with Crippen molar-refractivity contribution in [2.24, 2.45) is 0 Å². The number of epoxide rings is 1. The first-order valence-corrected chi connectivity index (χ1v) is 6.45. The topological polar surface area (TPSA) is 21.8 Å². The minimum absolute atomic E-state index is 0.502. The highest BCUT2D eigenvalue weighted by Gasteiger charge is 2.36. The second-order valence-corrected chi connectivity index (χ2v) is 4.84. The molecular weight excluding hydrogens is 212 g/mol. The summed E-state index contributed by atoms with van der Waals surface area (Å²) < 4.78 is 10.9. The van der Waals surface area contributed by atoms with Crippen molar-refractivity contribution in [1.29, 1.82) is 0 Å². The van der Waals surface area contributed by atoms with E-state index in [4.69, 9.17) is 9.47 Å². The molecule has 0 aliphatic carbocycles. The van der Waals surface area contributed by atoms with Crippen LogP contribution in [0.2, 0.25) is 0 Å². The van der Waals surface area contributed by atoms with E-state index in [0.717, 1.165) is 25.0 Å². The molecule has 2 unspecified atom stereocenters. The molecule has 94 valence electrons. The fourth-order valence-corrected chi connectivity index (χ4v) is 2.43. The molecule has 0 N–H and O–H groups in total. The van der Waals surface area contributed by atoms with Gasteiger partial charge in [0.25, 0.3) is 0 Å². The molecule has 1 aliphatic rings. The minimum atomic E-state index is 0.502. The van der Waals surface area contributed by atoms with E-state index in [-0.39, 0.29) is 0 Å². The van der Waals surface area contributed by atoms with Gasteiger partial charge < -0.3 is 9.47 Å². The second-order valence-electron chi connectivity index (χ2n) is 4.84. The molecule has 1 aliphatic heterocycles. The molecule has 0 aromatic heterocycles. The molecule has 1 aromatic carbocycles. The van der Waals surface area contributed by atoms with Gasteiger partial charge in [-0.05, 0) is 55.9 Å². The predicted molar refractivity (Wildman–Crippen MR) is 69.7 cm³/mol. The van der Waals surface area contributed by atoms with Gasteiger partial charge in [-0.25, -0.2) is 0 Å². The van der Waals surface area contributed by atoms with Crippen LogP contribution in [0.15, 0.2) is 12.1 Å². The summed E-state index contributed by atoms with van der Waals surface area (Å²) >= 11 is 0. The summed E-state index contributed by atoms with van der Waals surface area (Å²) in [5.41, 5.74) is 4.04. The van der Waals surface area contributed by atoms with Crippen LogP contribution in [0.5, 0.6) is 5.75 Å². The molecule has 0 radical (unpaired) electrons. The van der Waals surface area contributed by atoms with Gasteiger partial charge in [-0.3, -0.25) is 0 Å². The standard InChI is InChI=1S/C15H22O2/c1-5-13-15(17-13)9-7-12-6-8-14(16-4)11(3)10(12)2/h6,8,13,15H,5,7,9H2,1-4H3. The molecule has 1 heterocycles. The monoisotopic (exact) mass is 234 g/mol. The van der Waals surface area contributed by atoms with Gasteiger partial charge in [0.05, 0.1) is 19.3 Å². The molecule has 0 saturated carbocycles. The Kier molecular flexibility index (Phi) is 3.72. The Labute approximate surface area is 104 Å². The Morgan fingerprint density at radius 2 is 1.94 bits per heavy atom. The lowest BCUT2D eigenvalue weighted by Gasteiger charge is -2.12. The van der Waals surface area contributed by atoms with Crippen molar-refractivity contribution in [3.8, 4) is 5.75 Å². The largest absolute Gasteiger partial charge is 0.496 e. The fourth-order valence-electron chi connectivity index (χ4n) is 2.43.